The molecule has 94 valence electrons. The number of nitrogen functional groups attached to an aromatic ring is 1. The number of aromatic amines is 1. The van der Waals surface area contributed by atoms with Gasteiger partial charge >= 0.3 is 0 Å². The number of H-pyrrole nitrogens is 1. The smallest absolute Gasteiger partial charge is 0.153 e. The number of hydrogen-bond donors (Lipinski definition) is 2. The molecule has 0 saturated heterocycles. The molecule has 1 saturated carbocycles. The van der Waals surface area contributed by atoms with E-state index in [0.29, 0.717) is 17.2 Å². The number of nitrogens with two attached hydrogens (primary N) is 1. The maximum Gasteiger partial charge on any atom is 0.153 e. The molecule has 0 radical (unpaired) electrons. The van der Waals surface area contributed by atoms with Gasteiger partial charge in [0.05, 0.1) is 0 Å². The van der Waals surface area contributed by atoms with Crippen LogP contribution in [0.1, 0.15) is 31.9 Å². The average Bonchev–Trinajstić information content (AvgIpc) is 2.78. The van der Waals surface area contributed by atoms with Gasteiger partial charge in [0.1, 0.15) is 0 Å². The quantitative estimate of drug-likeness (QED) is 0.883. The van der Waals surface area contributed by atoms with E-state index < -0.39 is 0 Å². The Hall–Kier alpha value is -1.29. The topological polar surface area (TPSA) is 54.7 Å². The van der Waals surface area contributed by atoms with E-state index in [2.05, 4.69) is 46.0 Å². The summed E-state index contributed by atoms with van der Waals surface area (Å²) in [5.41, 5.74) is 9.73. The molecule has 1 atom stereocenters. The highest BCUT2D eigenvalue weighted by molar-refractivity contribution is 9.10. The lowest BCUT2D eigenvalue weighted by molar-refractivity contribution is 0.615. The van der Waals surface area contributed by atoms with E-state index in [-0.39, 0.29) is 0 Å². The molecule has 1 unspecified atom stereocenters. The Labute approximate surface area is 115 Å². The second-order valence-electron chi connectivity index (χ2n) is 5.62. The zero-order chi connectivity index (χ0) is 12.9. The lowest BCUT2D eigenvalue weighted by Crippen LogP contribution is -1.94. The lowest BCUT2D eigenvalue weighted by atomic mass is 9.99. The fraction of sp³-hybridized carbons (Fsp3) is 0.357. The molecule has 18 heavy (non-hydrogen) atoms. The largest absolute Gasteiger partial charge is 0.382 e. The summed E-state index contributed by atoms with van der Waals surface area (Å²) >= 11 is 3.59. The first kappa shape index (κ1) is 11.8. The van der Waals surface area contributed by atoms with Crippen molar-refractivity contribution >= 4 is 21.7 Å². The van der Waals surface area contributed by atoms with Crippen molar-refractivity contribution in [2.75, 3.05) is 5.73 Å². The first-order valence-electron chi connectivity index (χ1n) is 6.09. The van der Waals surface area contributed by atoms with Crippen molar-refractivity contribution in [3.8, 4) is 11.1 Å². The molecular weight excluding hydrogens is 290 g/mol. The van der Waals surface area contributed by atoms with Crippen LogP contribution in [0.2, 0.25) is 0 Å². The standard InChI is InChI=1S/C14H16BrN3/c1-14(2)7-9(14)12-11(13(16)18-17-12)8-5-3-4-6-10(8)15/h3-6,9H,7H2,1-2H3,(H3,16,17,18). The lowest BCUT2D eigenvalue weighted by Gasteiger charge is -2.08. The first-order chi connectivity index (χ1) is 8.50. The van der Waals surface area contributed by atoms with Crippen LogP contribution in [0, 0.1) is 5.41 Å². The third-order valence-electron chi connectivity index (χ3n) is 3.83. The Bertz CT molecular complexity index is 601. The molecule has 2 aromatic rings. The van der Waals surface area contributed by atoms with Crippen molar-refractivity contribution in [1.82, 2.24) is 10.2 Å². The monoisotopic (exact) mass is 305 g/mol. The Morgan fingerprint density at radius 3 is 2.67 bits per heavy atom. The number of benzene rings is 1. The number of rotatable bonds is 2. The molecule has 0 aliphatic heterocycles. The van der Waals surface area contributed by atoms with Crippen molar-refractivity contribution in [3.63, 3.8) is 0 Å². The number of aromatic nitrogens is 2. The van der Waals surface area contributed by atoms with Gasteiger partial charge in [0.2, 0.25) is 0 Å². The van der Waals surface area contributed by atoms with E-state index >= 15 is 0 Å². The maximum absolute atomic E-state index is 6.03. The summed E-state index contributed by atoms with van der Waals surface area (Å²) in [5.74, 6) is 1.11. The van der Waals surface area contributed by atoms with E-state index in [1.54, 1.807) is 0 Å². The van der Waals surface area contributed by atoms with Crippen molar-refractivity contribution in [3.05, 3.63) is 34.4 Å². The molecule has 1 aliphatic carbocycles. The van der Waals surface area contributed by atoms with E-state index in [4.69, 9.17) is 5.73 Å². The van der Waals surface area contributed by atoms with Crippen LogP contribution in [-0.2, 0) is 0 Å². The number of nitrogens with one attached hydrogen (secondary N) is 1. The van der Waals surface area contributed by atoms with Crippen LogP contribution >= 0.6 is 15.9 Å². The second-order valence-corrected chi connectivity index (χ2v) is 6.48. The normalized spacial score (nSPS) is 20.9. The van der Waals surface area contributed by atoms with Gasteiger partial charge in [-0.2, -0.15) is 5.10 Å². The highest BCUT2D eigenvalue weighted by atomic mass is 79.9. The molecule has 1 aromatic heterocycles. The molecule has 1 fully saturated rings. The highest BCUT2D eigenvalue weighted by Crippen LogP contribution is 2.60. The van der Waals surface area contributed by atoms with Gasteiger partial charge in [-0.3, -0.25) is 5.10 Å². The number of anilines is 1. The molecule has 3 nitrogen and oxygen atoms in total. The zero-order valence-corrected chi connectivity index (χ0v) is 12.1. The van der Waals surface area contributed by atoms with E-state index in [9.17, 15) is 0 Å². The van der Waals surface area contributed by atoms with Crippen molar-refractivity contribution < 1.29 is 0 Å². The van der Waals surface area contributed by atoms with Gasteiger partial charge in [0.15, 0.2) is 5.82 Å². The molecular formula is C14H16BrN3. The second kappa shape index (κ2) is 3.85. The van der Waals surface area contributed by atoms with Gasteiger partial charge < -0.3 is 5.73 Å². The third-order valence-corrected chi connectivity index (χ3v) is 4.52. The van der Waals surface area contributed by atoms with Gasteiger partial charge in [-0.05, 0) is 17.9 Å². The predicted octanol–water partition coefficient (Wildman–Crippen LogP) is 3.93. The number of hydrogen-bond acceptors (Lipinski definition) is 2. The van der Waals surface area contributed by atoms with Crippen molar-refractivity contribution in [1.29, 1.82) is 0 Å². The van der Waals surface area contributed by atoms with Gasteiger partial charge in [-0.15, -0.1) is 0 Å². The fourth-order valence-electron chi connectivity index (χ4n) is 2.53. The van der Waals surface area contributed by atoms with Crippen molar-refractivity contribution in [2.24, 2.45) is 5.41 Å². The molecule has 1 aliphatic rings. The Morgan fingerprint density at radius 1 is 1.39 bits per heavy atom. The Morgan fingerprint density at radius 2 is 2.06 bits per heavy atom. The molecule has 3 rings (SSSR count). The van der Waals surface area contributed by atoms with Crippen molar-refractivity contribution in [2.45, 2.75) is 26.2 Å². The summed E-state index contributed by atoms with van der Waals surface area (Å²) in [4.78, 5) is 0. The van der Waals surface area contributed by atoms with Gasteiger partial charge in [-0.25, -0.2) is 0 Å². The summed E-state index contributed by atoms with van der Waals surface area (Å²) in [6.45, 7) is 4.55. The van der Waals surface area contributed by atoms with Crippen LogP contribution < -0.4 is 5.73 Å². The minimum absolute atomic E-state index is 0.356. The molecule has 3 N–H and O–H groups in total. The van der Waals surface area contributed by atoms with Gasteiger partial charge in [0, 0.05) is 27.2 Å². The summed E-state index contributed by atoms with van der Waals surface area (Å²) in [6, 6.07) is 8.13. The van der Waals surface area contributed by atoms with E-state index in [0.717, 1.165) is 15.6 Å². The molecule has 1 aromatic carbocycles. The van der Waals surface area contributed by atoms with Gasteiger partial charge in [0.25, 0.3) is 0 Å². The molecule has 1 heterocycles. The summed E-state index contributed by atoms with van der Waals surface area (Å²) < 4.78 is 1.05. The summed E-state index contributed by atoms with van der Waals surface area (Å²) in [5, 5.41) is 7.31. The van der Waals surface area contributed by atoms with Crippen LogP contribution in [-0.4, -0.2) is 10.2 Å². The minimum Gasteiger partial charge on any atom is -0.382 e. The van der Waals surface area contributed by atoms with Crippen LogP contribution in [0.3, 0.4) is 0 Å². The van der Waals surface area contributed by atoms with E-state index in [1.165, 1.54) is 12.1 Å². The fourth-order valence-corrected chi connectivity index (χ4v) is 3.01. The summed E-state index contributed by atoms with van der Waals surface area (Å²) in [6.07, 6.45) is 1.19. The Balaban J connectivity index is 2.13. The minimum atomic E-state index is 0.356. The van der Waals surface area contributed by atoms with Crippen LogP contribution in [0.15, 0.2) is 28.7 Å². The maximum atomic E-state index is 6.03. The van der Waals surface area contributed by atoms with Gasteiger partial charge in [-0.1, -0.05) is 48.0 Å². The van der Waals surface area contributed by atoms with Crippen LogP contribution in [0.25, 0.3) is 11.1 Å². The van der Waals surface area contributed by atoms with Crippen LogP contribution in [0.5, 0.6) is 0 Å². The average molecular weight is 306 g/mol. The third kappa shape index (κ3) is 1.75. The number of halogens is 1. The summed E-state index contributed by atoms with van der Waals surface area (Å²) in [7, 11) is 0. The molecule has 0 spiro atoms. The Kier molecular flexibility index (Phi) is 2.52. The number of nitrogens with zero attached hydrogens (tertiary/aromatic N) is 1. The SMILES string of the molecule is CC1(C)CC1c1[nH]nc(N)c1-c1ccccc1Br. The zero-order valence-electron chi connectivity index (χ0n) is 10.5. The predicted molar refractivity (Wildman–Crippen MR) is 77.3 cm³/mol. The highest BCUT2D eigenvalue weighted by Gasteiger charge is 2.49. The van der Waals surface area contributed by atoms with Crippen LogP contribution in [0.4, 0.5) is 5.82 Å². The molecule has 0 amide bonds. The molecule has 4 heteroatoms. The first-order valence-corrected chi connectivity index (χ1v) is 6.88. The molecule has 0 bridgehead atoms. The van der Waals surface area contributed by atoms with E-state index in [1.807, 2.05) is 18.2 Å².